The first kappa shape index (κ1) is 51.5. The van der Waals surface area contributed by atoms with Gasteiger partial charge in [-0.15, -0.1) is 0 Å². The molecule has 0 saturated carbocycles. The Hall–Kier alpha value is -12.1. The zero-order chi connectivity index (χ0) is 125. The minimum absolute atomic E-state index is 0.00746. The second kappa shape index (κ2) is 43.7. The molecular weight excluding hydrogens is 1600 g/mol. The third-order valence-corrected chi connectivity index (χ3v) is 19.7. The Kier molecular flexibility index (Phi) is 17.9. The first-order valence-electron chi connectivity index (χ1n) is 60.6. The van der Waals surface area contributed by atoms with Gasteiger partial charge in [0.05, 0.1) is 52.6 Å². The average molecular weight is 1770 g/mol. The highest BCUT2D eigenvalue weighted by Crippen LogP contribution is 2.29. The number of carbonyl (C=O) groups is 6. The number of cyclic esters (lactones) is 6. The molecule has 12 heterocycles. The SMILES string of the molecule is [2H]c1[nH]c2ccc(C[C@@]3([2H])COC(=O)N3)cc2c1C([2H])([2H])CN(C([2H])([2H])[2H])C([2H])([2H])[2H].[2H]c1[nH]c2ccc(C[C@@]3([2H])COC(=O)N3)cc2c1C([2H])([2H])CN(C)C.[2H]c1[nH]c2ccc(C[C@@]3([2H])COC(=O)N3)cc2c1C([2H])([2H])CN(C)C([2H])([2H])[2H].[2H]c1[nH]c2ccc(C[C@@]3([2H])COC(=O)N3)cc2c1CC([2H])([2H])N(C([2H])([2H])[2H])C([2H])([2H])[2H].[2H]c1[nH]c2ccc(C[C@@]3([2H])COC(=O)N3)cc2c1CC([2H])([2H])N(C)C.[2H]c1[nH]c2ccc(C[C@@]3([2H])COC(=O)N3)cc2c1CC([2H])([2H])N(C)C([2H])([2H])[2H]. The second-order valence-electron chi connectivity index (χ2n) is 30.2. The molecule has 6 saturated heterocycles. The van der Waals surface area contributed by atoms with Crippen LogP contribution in [0.5, 0.6) is 0 Å². The first-order valence-corrected chi connectivity index (χ1v) is 39.6. The molecule has 672 valence electrons. The summed E-state index contributed by atoms with van der Waals surface area (Å²) >= 11 is 0. The smallest absolute Gasteiger partial charge is 0.407 e. The van der Waals surface area contributed by atoms with E-state index in [-0.39, 0.29) is 166 Å². The molecule has 18 rings (SSSR count). The van der Waals surface area contributed by atoms with E-state index in [0.717, 1.165) is 26.9 Å². The third-order valence-electron chi connectivity index (χ3n) is 19.7. The van der Waals surface area contributed by atoms with E-state index < -0.39 is 173 Å². The number of nitrogens with zero attached hydrogens (tertiary/aromatic N) is 6. The number of aryl methyl sites for hydroxylation is 3. The van der Waals surface area contributed by atoms with E-state index in [1.165, 1.54) is 25.1 Å². The molecule has 30 heteroatoms. The number of H-pyrrole nitrogens is 6. The van der Waals surface area contributed by atoms with Crippen LogP contribution in [-0.4, -0.2) is 295 Å². The number of alkyl carbamates (subject to hydrolysis) is 6. The zero-order valence-corrected chi connectivity index (χ0v) is 69.7. The maximum absolute atomic E-state index is 11.3. The Morgan fingerprint density at radius 1 is 0.294 bits per heavy atom. The summed E-state index contributed by atoms with van der Waals surface area (Å²) < 4.78 is 361. The fourth-order valence-electron chi connectivity index (χ4n) is 13.7. The quantitative estimate of drug-likeness (QED) is 0.0186. The molecule has 6 amide bonds. The molecule has 6 atom stereocenters. The molecule has 6 aliphatic rings. The molecule has 6 aromatic carbocycles. The fourth-order valence-corrected chi connectivity index (χ4v) is 13.7. The summed E-state index contributed by atoms with van der Waals surface area (Å²) in [4.78, 5) is 89.3. The van der Waals surface area contributed by atoms with Crippen molar-refractivity contribution in [2.45, 2.75) is 113 Å². The van der Waals surface area contributed by atoms with Gasteiger partial charge in [0.1, 0.15) is 39.6 Å². The standard InChI is InChI=1S/6C16H21N3O2/c6*1-19(2)6-5-12-9-17-15-4-3-11(8-14(12)15)7-13-10-21-16(20)18-13/h6*3-4,8-9,13,17H,5-7,10H2,1-2H3,(H,18,20)/t6*13-/m000000/s1/i1D3,2D3,6D2,9D,13D;1D3,2D3,5D2,9D,13D;1D3,6D2,9D,13D;1D3,5D2,9D,13D;6D2,9D,13D;5D2,9D,13D. The Bertz CT molecular complexity index is 7730. The van der Waals surface area contributed by atoms with Gasteiger partial charge in [-0.05, 0) is 301 Å². The summed E-state index contributed by atoms with van der Waals surface area (Å²) in [6, 6.07) is 23.0. The van der Waals surface area contributed by atoms with Crippen molar-refractivity contribution < 1.29 is 115 Å². The van der Waals surface area contributed by atoms with Crippen LogP contribution in [0.2, 0.25) is 0 Å². The monoisotopic (exact) mass is 1770 g/mol. The van der Waals surface area contributed by atoms with Crippen LogP contribution < -0.4 is 31.9 Å². The number of benzene rings is 6. The van der Waals surface area contributed by atoms with Crippen LogP contribution in [0.25, 0.3) is 65.4 Å². The molecule has 0 unspecified atom stereocenters. The number of hydrogen-bond donors (Lipinski definition) is 12. The number of ether oxygens (including phenoxy) is 6. The molecule has 12 N–H and O–H groups in total. The maximum atomic E-state index is 11.3. The Labute approximate surface area is 795 Å². The van der Waals surface area contributed by atoms with Crippen LogP contribution in [0.3, 0.4) is 0 Å². The molecule has 6 fully saturated rings. The van der Waals surface area contributed by atoms with Gasteiger partial charge >= 0.3 is 36.6 Å². The van der Waals surface area contributed by atoms with Crippen molar-refractivity contribution in [3.63, 3.8) is 0 Å². The van der Waals surface area contributed by atoms with Gasteiger partial charge in [-0.25, -0.2) is 28.8 Å². The van der Waals surface area contributed by atoms with Gasteiger partial charge in [-0.1, -0.05) is 36.4 Å². The Balaban J connectivity index is 0.000000166. The second-order valence-corrected chi connectivity index (χ2v) is 30.2. The van der Waals surface area contributed by atoms with Gasteiger partial charge in [0.15, 0.2) is 0 Å². The molecule has 0 aliphatic carbocycles. The number of rotatable bonds is 30. The van der Waals surface area contributed by atoms with Crippen LogP contribution >= 0.6 is 0 Å². The fraction of sp³-hybridized carbons (Fsp3) is 0.438. The van der Waals surface area contributed by atoms with E-state index in [1.54, 1.807) is 112 Å². The lowest BCUT2D eigenvalue weighted by Gasteiger charge is -2.09. The topological polar surface area (TPSA) is 344 Å². The molecule has 30 nitrogen and oxygen atoms in total. The maximum Gasteiger partial charge on any atom is 0.407 e. The first-order chi connectivity index (χ1) is 76.8. The van der Waals surface area contributed by atoms with Crippen LogP contribution in [0, 0.1) is 0 Å². The zero-order valence-electron chi connectivity index (χ0n) is 112. The largest absolute Gasteiger partial charge is 0.447 e. The van der Waals surface area contributed by atoms with E-state index >= 15 is 0 Å². The van der Waals surface area contributed by atoms with E-state index in [1.807, 2.05) is 24.3 Å². The molecule has 12 aromatic rings. The number of carbonyl (C=O) groups excluding carboxylic acids is 6. The van der Waals surface area contributed by atoms with Crippen LogP contribution in [0.1, 0.15) is 124 Å². The Morgan fingerprint density at radius 3 is 0.730 bits per heavy atom. The lowest BCUT2D eigenvalue weighted by molar-refractivity contribution is 0.176. The molecular formula is C96H126N18O12. The predicted molar refractivity (Wildman–Crippen MR) is 495 cm³/mol. The number of aromatic nitrogens is 6. The number of fused-ring (bicyclic) bond motifs is 6. The lowest BCUT2D eigenvalue weighted by Crippen LogP contribution is -2.28. The molecule has 6 aromatic heterocycles. The van der Waals surface area contributed by atoms with E-state index in [4.69, 9.17) is 86.0 Å². The lowest BCUT2D eigenvalue weighted by atomic mass is 10.0. The minimum Gasteiger partial charge on any atom is -0.447 e. The molecule has 126 heavy (non-hydrogen) atoms. The summed E-state index contributed by atoms with van der Waals surface area (Å²) in [5, 5.41) is 17.7. The molecule has 0 radical (unpaired) electrons. The van der Waals surface area contributed by atoms with Crippen LogP contribution in [0.4, 0.5) is 28.8 Å². The van der Waals surface area contributed by atoms with Crippen molar-refractivity contribution in [3.8, 4) is 0 Å². The highest BCUT2D eigenvalue weighted by Gasteiger charge is 2.29. The summed E-state index contributed by atoms with van der Waals surface area (Å²) in [6.07, 6.45) is -10.5. The number of amides is 6. The number of likely N-dealkylation sites (N-methyl/N-ethyl adjacent to an activating group) is 6. The van der Waals surface area contributed by atoms with Crippen molar-refractivity contribution in [2.75, 3.05) is 163 Å². The van der Waals surface area contributed by atoms with Crippen molar-refractivity contribution in [3.05, 3.63) is 213 Å². The van der Waals surface area contributed by atoms with Gasteiger partial charge < -0.3 is 120 Å². The summed E-state index contributed by atoms with van der Waals surface area (Å²) in [6.45, 7) is -26.1. The van der Waals surface area contributed by atoms with Crippen LogP contribution in [0.15, 0.2) is 146 Å². The van der Waals surface area contributed by atoms with Crippen molar-refractivity contribution in [2.24, 2.45) is 0 Å². The normalized spacial score (nSPS) is 27.9. The van der Waals surface area contributed by atoms with Gasteiger partial charge in [0, 0.05) is 183 Å². The van der Waals surface area contributed by atoms with Crippen molar-refractivity contribution >= 4 is 102 Å². The van der Waals surface area contributed by atoms with Crippen molar-refractivity contribution in [1.29, 1.82) is 0 Å². The highest BCUT2D eigenvalue weighted by atomic mass is 16.6. The minimum atomic E-state index is -3.23. The van der Waals surface area contributed by atoms with Gasteiger partial charge in [-0.2, -0.15) is 0 Å². The molecule has 0 bridgehead atoms. The average Bonchev–Trinajstić information content (AvgIpc) is 1.61. The van der Waals surface area contributed by atoms with Crippen molar-refractivity contribution in [1.82, 2.24) is 91.2 Å². The predicted octanol–water partition coefficient (Wildman–Crippen LogP) is 11.5. The number of aromatic amines is 6. The van der Waals surface area contributed by atoms with Gasteiger partial charge in [0.2, 0.25) is 0 Å². The van der Waals surface area contributed by atoms with Gasteiger partial charge in [0.25, 0.3) is 0 Å². The summed E-state index contributed by atoms with van der Waals surface area (Å²) in [5.74, 6) is 0. The summed E-state index contributed by atoms with van der Waals surface area (Å²) in [5.41, 5.74) is 8.79. The van der Waals surface area contributed by atoms with E-state index in [2.05, 4.69) is 61.8 Å². The Morgan fingerprint density at radius 2 is 0.508 bits per heavy atom. The highest BCUT2D eigenvalue weighted by molar-refractivity contribution is 5.88. The summed E-state index contributed by atoms with van der Waals surface area (Å²) in [7, 11) is 9.39. The van der Waals surface area contributed by atoms with Crippen LogP contribution in [-0.2, 0) is 105 Å². The number of hydrogen-bond acceptors (Lipinski definition) is 18. The molecule has 6 aliphatic heterocycles. The number of nitrogens with one attached hydrogen (secondary N) is 12. The van der Waals surface area contributed by atoms with Gasteiger partial charge in [-0.3, -0.25) is 0 Å². The molecule has 0 spiro atoms. The van der Waals surface area contributed by atoms with E-state index in [0.29, 0.717) is 93.0 Å². The van der Waals surface area contributed by atoms with E-state index in [9.17, 15) is 28.8 Å². The third kappa shape index (κ3) is 26.5.